The SMILES string of the molecule is N#CC12c3ccccc3C(c3ccccc31)C1C(=O)C=CC(=O)C12. The molecule has 0 N–H and O–H groups in total. The highest BCUT2D eigenvalue weighted by molar-refractivity contribution is 6.10. The van der Waals surface area contributed by atoms with E-state index < -0.39 is 17.3 Å². The van der Waals surface area contributed by atoms with E-state index in [2.05, 4.69) is 6.07 Å². The Morgan fingerprint density at radius 1 is 0.833 bits per heavy atom. The molecule has 0 spiro atoms. The molecule has 2 aromatic carbocycles. The van der Waals surface area contributed by atoms with Crippen LogP contribution in [-0.4, -0.2) is 11.6 Å². The Balaban J connectivity index is 1.97. The maximum Gasteiger partial charge on any atom is 0.161 e. The maximum atomic E-state index is 12.8. The second-order valence-corrected chi connectivity index (χ2v) is 6.71. The molecule has 4 aliphatic carbocycles. The predicted octanol–water partition coefficient (Wildman–Crippen LogP) is 2.90. The van der Waals surface area contributed by atoms with E-state index in [0.29, 0.717) is 0 Å². The highest BCUT2D eigenvalue weighted by atomic mass is 16.1. The number of rotatable bonds is 0. The Morgan fingerprint density at radius 3 is 1.96 bits per heavy atom. The van der Waals surface area contributed by atoms with Crippen molar-refractivity contribution in [3.8, 4) is 6.07 Å². The molecule has 3 heteroatoms. The standard InChI is InChI=1S/C21H13NO2/c22-11-21-14-7-3-1-5-12(14)18(13-6-2-4-8-15(13)21)19-16(23)9-10-17(24)20(19)21/h1-10,18-20H. The third-order valence-electron chi connectivity index (χ3n) is 5.85. The van der Waals surface area contributed by atoms with Gasteiger partial charge in [0.15, 0.2) is 11.6 Å². The first-order chi connectivity index (χ1) is 11.7. The van der Waals surface area contributed by atoms with E-state index in [1.165, 1.54) is 12.2 Å². The minimum Gasteiger partial charge on any atom is -0.294 e. The summed E-state index contributed by atoms with van der Waals surface area (Å²) in [5.41, 5.74) is 2.71. The first kappa shape index (κ1) is 13.4. The van der Waals surface area contributed by atoms with Crippen LogP contribution in [0.25, 0.3) is 0 Å². The maximum absolute atomic E-state index is 12.8. The van der Waals surface area contributed by atoms with Crippen LogP contribution in [0.1, 0.15) is 28.2 Å². The molecule has 2 unspecified atom stereocenters. The summed E-state index contributed by atoms with van der Waals surface area (Å²) in [7, 11) is 0. The van der Waals surface area contributed by atoms with Crippen LogP contribution in [0.15, 0.2) is 60.7 Å². The van der Waals surface area contributed by atoms with Gasteiger partial charge in [-0.1, -0.05) is 48.5 Å². The fourth-order valence-electron chi connectivity index (χ4n) is 5.04. The van der Waals surface area contributed by atoms with E-state index in [9.17, 15) is 14.9 Å². The summed E-state index contributed by atoms with van der Waals surface area (Å²) in [6.45, 7) is 0. The lowest BCUT2D eigenvalue weighted by Crippen LogP contribution is -2.57. The molecule has 0 aromatic heterocycles. The van der Waals surface area contributed by atoms with Gasteiger partial charge in [0, 0.05) is 11.8 Å². The van der Waals surface area contributed by atoms with Gasteiger partial charge in [-0.05, 0) is 34.4 Å². The molecule has 0 heterocycles. The number of carbonyl (C=O) groups is 2. The van der Waals surface area contributed by atoms with Gasteiger partial charge in [0.05, 0.1) is 12.0 Å². The smallest absolute Gasteiger partial charge is 0.161 e. The van der Waals surface area contributed by atoms with Crippen molar-refractivity contribution in [2.75, 3.05) is 0 Å². The molecule has 0 aliphatic heterocycles. The molecule has 24 heavy (non-hydrogen) atoms. The third-order valence-corrected chi connectivity index (χ3v) is 5.85. The molecule has 0 amide bonds. The molecule has 2 aromatic rings. The van der Waals surface area contributed by atoms with E-state index >= 15 is 0 Å². The third kappa shape index (κ3) is 1.29. The summed E-state index contributed by atoms with van der Waals surface area (Å²) < 4.78 is 0. The van der Waals surface area contributed by atoms with E-state index in [-0.39, 0.29) is 17.5 Å². The summed E-state index contributed by atoms with van der Waals surface area (Å²) in [6.07, 6.45) is 2.75. The predicted molar refractivity (Wildman–Crippen MR) is 87.3 cm³/mol. The molecule has 2 bridgehead atoms. The average Bonchev–Trinajstić information content (AvgIpc) is 2.64. The van der Waals surface area contributed by atoms with E-state index in [4.69, 9.17) is 0 Å². The van der Waals surface area contributed by atoms with Crippen molar-refractivity contribution in [2.45, 2.75) is 11.3 Å². The Labute approximate surface area is 139 Å². The largest absolute Gasteiger partial charge is 0.294 e. The number of allylic oxidation sites excluding steroid dienone is 2. The van der Waals surface area contributed by atoms with Crippen molar-refractivity contribution >= 4 is 11.6 Å². The fraction of sp³-hybridized carbons (Fsp3) is 0.190. The van der Waals surface area contributed by atoms with Crippen LogP contribution in [0.5, 0.6) is 0 Å². The molecular formula is C21H13NO2. The summed E-state index contributed by atoms with van der Waals surface area (Å²) in [5, 5.41) is 10.3. The number of hydrogen-bond acceptors (Lipinski definition) is 3. The van der Waals surface area contributed by atoms with Crippen molar-refractivity contribution in [3.05, 3.63) is 82.9 Å². The van der Waals surface area contributed by atoms with Gasteiger partial charge in [-0.2, -0.15) is 5.26 Å². The molecule has 0 fully saturated rings. The second kappa shape index (κ2) is 4.30. The normalized spacial score (nSPS) is 31.9. The summed E-state index contributed by atoms with van der Waals surface area (Å²) in [6, 6.07) is 18.0. The van der Waals surface area contributed by atoms with Crippen LogP contribution in [0.3, 0.4) is 0 Å². The minimum absolute atomic E-state index is 0.0479. The van der Waals surface area contributed by atoms with Crippen LogP contribution in [0.4, 0.5) is 0 Å². The van der Waals surface area contributed by atoms with Crippen LogP contribution in [-0.2, 0) is 15.0 Å². The summed E-state index contributed by atoms with van der Waals surface area (Å²) in [4.78, 5) is 25.5. The van der Waals surface area contributed by atoms with Crippen molar-refractivity contribution in [2.24, 2.45) is 11.8 Å². The lowest BCUT2D eigenvalue weighted by Gasteiger charge is -2.54. The average molecular weight is 311 g/mol. The van der Waals surface area contributed by atoms with Gasteiger partial charge in [0.2, 0.25) is 0 Å². The number of carbonyl (C=O) groups excluding carboxylic acids is 2. The first-order valence-electron chi connectivity index (χ1n) is 8.06. The van der Waals surface area contributed by atoms with E-state index in [0.717, 1.165) is 22.3 Å². The summed E-state index contributed by atoms with van der Waals surface area (Å²) in [5.74, 6) is -1.43. The first-order valence-corrected chi connectivity index (χ1v) is 8.06. The zero-order valence-electron chi connectivity index (χ0n) is 12.8. The lowest BCUT2D eigenvalue weighted by atomic mass is 9.45. The van der Waals surface area contributed by atoms with Crippen molar-refractivity contribution in [1.29, 1.82) is 5.26 Å². The van der Waals surface area contributed by atoms with Crippen molar-refractivity contribution in [3.63, 3.8) is 0 Å². The zero-order chi connectivity index (χ0) is 16.5. The van der Waals surface area contributed by atoms with Gasteiger partial charge in [0.25, 0.3) is 0 Å². The monoisotopic (exact) mass is 311 g/mol. The summed E-state index contributed by atoms with van der Waals surface area (Å²) >= 11 is 0. The fourth-order valence-corrected chi connectivity index (χ4v) is 5.04. The molecule has 0 saturated carbocycles. The zero-order valence-corrected chi connectivity index (χ0v) is 12.8. The number of benzene rings is 2. The van der Waals surface area contributed by atoms with Crippen LogP contribution in [0.2, 0.25) is 0 Å². The van der Waals surface area contributed by atoms with Crippen molar-refractivity contribution in [1.82, 2.24) is 0 Å². The topological polar surface area (TPSA) is 57.9 Å². The molecule has 4 aliphatic rings. The molecule has 0 saturated heterocycles. The van der Waals surface area contributed by atoms with Gasteiger partial charge in [-0.15, -0.1) is 0 Å². The van der Waals surface area contributed by atoms with Gasteiger partial charge < -0.3 is 0 Å². The van der Waals surface area contributed by atoms with Crippen LogP contribution >= 0.6 is 0 Å². The molecule has 0 radical (unpaired) electrons. The highest BCUT2D eigenvalue weighted by Crippen LogP contribution is 2.62. The minimum atomic E-state index is -1.08. The van der Waals surface area contributed by atoms with Crippen LogP contribution < -0.4 is 0 Å². The Morgan fingerprint density at radius 2 is 1.38 bits per heavy atom. The molecule has 6 rings (SSSR count). The van der Waals surface area contributed by atoms with Crippen molar-refractivity contribution < 1.29 is 9.59 Å². The second-order valence-electron chi connectivity index (χ2n) is 6.71. The number of hydrogen-bond donors (Lipinski definition) is 0. The number of ketones is 2. The van der Waals surface area contributed by atoms with Crippen LogP contribution in [0, 0.1) is 23.2 Å². The van der Waals surface area contributed by atoms with Gasteiger partial charge in [-0.3, -0.25) is 9.59 Å². The quantitative estimate of drug-likeness (QED) is 0.751. The van der Waals surface area contributed by atoms with Gasteiger partial charge >= 0.3 is 0 Å². The molecule has 114 valence electrons. The molecule has 3 nitrogen and oxygen atoms in total. The molecular weight excluding hydrogens is 298 g/mol. The van der Waals surface area contributed by atoms with Gasteiger partial charge in [0.1, 0.15) is 5.41 Å². The Hall–Kier alpha value is -2.99. The number of nitriles is 1. The van der Waals surface area contributed by atoms with Gasteiger partial charge in [-0.25, -0.2) is 0 Å². The Kier molecular flexibility index (Phi) is 2.41. The molecule has 2 atom stereocenters. The number of nitrogens with zero attached hydrogens (tertiary/aromatic N) is 1. The van der Waals surface area contributed by atoms with E-state index in [1.807, 2.05) is 48.5 Å². The Bertz CT molecular complexity index is 947. The lowest BCUT2D eigenvalue weighted by molar-refractivity contribution is -0.132. The van der Waals surface area contributed by atoms with E-state index in [1.54, 1.807) is 0 Å². The highest BCUT2D eigenvalue weighted by Gasteiger charge is 2.63.